The highest BCUT2D eigenvalue weighted by molar-refractivity contribution is 5.73. The second-order valence-corrected chi connectivity index (χ2v) is 3.13. The van der Waals surface area contributed by atoms with E-state index in [2.05, 4.69) is 9.97 Å². The summed E-state index contributed by atoms with van der Waals surface area (Å²) in [4.78, 5) is 7.74. The van der Waals surface area contributed by atoms with Crippen LogP contribution in [0.3, 0.4) is 0 Å². The van der Waals surface area contributed by atoms with Gasteiger partial charge in [-0.25, -0.2) is 4.98 Å². The molecule has 1 aromatic heterocycles. The van der Waals surface area contributed by atoms with Gasteiger partial charge in [0.15, 0.2) is 0 Å². The first kappa shape index (κ1) is 8.99. The van der Waals surface area contributed by atoms with E-state index in [1.807, 2.05) is 0 Å². The molecule has 4 heteroatoms. The molecule has 0 atom stereocenters. The van der Waals surface area contributed by atoms with Gasteiger partial charge < -0.3 is 0 Å². The average molecular weight is 194 g/mol. The first-order valence-corrected chi connectivity index (χ1v) is 4.17. The van der Waals surface area contributed by atoms with Crippen molar-refractivity contribution in [3.8, 4) is 0 Å². The molecular formula is C10H8F2N2. The maximum Gasteiger partial charge on any atom is 0.288 e. The minimum atomic E-state index is -2.93. The fourth-order valence-electron chi connectivity index (χ4n) is 1.17. The van der Waals surface area contributed by atoms with E-state index in [-0.39, 0.29) is 5.69 Å². The number of alkyl halides is 2. The van der Waals surface area contributed by atoms with Crippen LogP contribution < -0.4 is 0 Å². The molecule has 0 aliphatic carbocycles. The highest BCUT2D eigenvalue weighted by atomic mass is 19.3. The van der Waals surface area contributed by atoms with Gasteiger partial charge in [0.2, 0.25) is 0 Å². The normalized spacial score (nSPS) is 11.9. The molecule has 72 valence electrons. The first-order chi connectivity index (χ1) is 6.57. The van der Waals surface area contributed by atoms with E-state index in [0.717, 1.165) is 13.1 Å². The van der Waals surface area contributed by atoms with Crippen molar-refractivity contribution in [1.82, 2.24) is 9.97 Å². The Bertz CT molecular complexity index is 463. The van der Waals surface area contributed by atoms with Crippen molar-refractivity contribution >= 4 is 11.0 Å². The molecule has 0 radical (unpaired) electrons. The van der Waals surface area contributed by atoms with Crippen molar-refractivity contribution in [3.63, 3.8) is 0 Å². The van der Waals surface area contributed by atoms with Gasteiger partial charge in [-0.3, -0.25) is 4.98 Å². The summed E-state index contributed by atoms with van der Waals surface area (Å²) in [6.07, 6.45) is 1.11. The van der Waals surface area contributed by atoms with Gasteiger partial charge in [-0.05, 0) is 12.1 Å². The SMILES string of the molecule is CC(F)(F)c1cnc2ccccc2n1. The summed E-state index contributed by atoms with van der Waals surface area (Å²) in [5.74, 6) is -2.93. The summed E-state index contributed by atoms with van der Waals surface area (Å²) in [5, 5.41) is 0. The van der Waals surface area contributed by atoms with E-state index < -0.39 is 5.92 Å². The van der Waals surface area contributed by atoms with Crippen molar-refractivity contribution in [3.05, 3.63) is 36.2 Å². The number of benzene rings is 1. The standard InChI is InChI=1S/C10H8F2N2/c1-10(11,12)9-6-13-7-4-2-3-5-8(7)14-9/h2-6H,1H3. The molecule has 0 aliphatic rings. The molecule has 0 saturated heterocycles. The Hall–Kier alpha value is -1.58. The van der Waals surface area contributed by atoms with Crippen LogP contribution in [0.15, 0.2) is 30.5 Å². The largest absolute Gasteiger partial charge is 0.288 e. The summed E-state index contributed by atoms with van der Waals surface area (Å²) in [6, 6.07) is 6.94. The number of aromatic nitrogens is 2. The Labute approximate surface area is 79.6 Å². The molecule has 2 nitrogen and oxygen atoms in total. The van der Waals surface area contributed by atoms with Crippen LogP contribution >= 0.6 is 0 Å². The summed E-state index contributed by atoms with van der Waals surface area (Å²) in [6.45, 7) is 0.811. The maximum atomic E-state index is 12.9. The van der Waals surface area contributed by atoms with Crippen molar-refractivity contribution in [2.75, 3.05) is 0 Å². The third kappa shape index (κ3) is 1.55. The average Bonchev–Trinajstić information content (AvgIpc) is 2.16. The van der Waals surface area contributed by atoms with Crippen LogP contribution in [-0.4, -0.2) is 9.97 Å². The van der Waals surface area contributed by atoms with Gasteiger partial charge in [-0.15, -0.1) is 0 Å². The second-order valence-electron chi connectivity index (χ2n) is 3.13. The third-order valence-electron chi connectivity index (χ3n) is 1.90. The van der Waals surface area contributed by atoms with Gasteiger partial charge in [0.1, 0.15) is 5.69 Å². The fraction of sp³-hybridized carbons (Fsp3) is 0.200. The molecule has 2 rings (SSSR count). The summed E-state index contributed by atoms with van der Waals surface area (Å²) in [7, 11) is 0. The molecule has 0 spiro atoms. The lowest BCUT2D eigenvalue weighted by Gasteiger charge is -2.08. The van der Waals surface area contributed by atoms with Gasteiger partial charge in [-0.2, -0.15) is 8.78 Å². The van der Waals surface area contributed by atoms with Crippen LogP contribution in [0, 0.1) is 0 Å². The van der Waals surface area contributed by atoms with Crippen LogP contribution in [0.2, 0.25) is 0 Å². The summed E-state index contributed by atoms with van der Waals surface area (Å²) in [5.41, 5.74) is 0.822. The number of hydrogen-bond acceptors (Lipinski definition) is 2. The number of para-hydroxylation sites is 2. The van der Waals surface area contributed by atoms with Crippen LogP contribution in [-0.2, 0) is 5.92 Å². The molecule has 0 saturated carbocycles. The molecule has 0 N–H and O–H groups in total. The van der Waals surface area contributed by atoms with Gasteiger partial charge in [0.25, 0.3) is 5.92 Å². The molecule has 0 unspecified atom stereocenters. The zero-order valence-electron chi connectivity index (χ0n) is 7.54. The Morgan fingerprint density at radius 2 is 1.79 bits per heavy atom. The van der Waals surface area contributed by atoms with Gasteiger partial charge >= 0.3 is 0 Å². The Balaban J connectivity index is 2.63. The smallest absolute Gasteiger partial charge is 0.252 e. The van der Waals surface area contributed by atoms with Crippen LogP contribution in [0.5, 0.6) is 0 Å². The summed E-state index contributed by atoms with van der Waals surface area (Å²) < 4.78 is 25.8. The number of nitrogens with zero attached hydrogens (tertiary/aromatic N) is 2. The molecule has 0 bridgehead atoms. The van der Waals surface area contributed by atoms with Crippen LogP contribution in [0.4, 0.5) is 8.78 Å². The van der Waals surface area contributed by atoms with Crippen molar-refractivity contribution in [2.24, 2.45) is 0 Å². The quantitative estimate of drug-likeness (QED) is 0.697. The lowest BCUT2D eigenvalue weighted by atomic mass is 10.2. The van der Waals surface area contributed by atoms with E-state index in [4.69, 9.17) is 0 Å². The topological polar surface area (TPSA) is 25.8 Å². The minimum absolute atomic E-state index is 0.295. The van der Waals surface area contributed by atoms with E-state index in [0.29, 0.717) is 11.0 Å². The second kappa shape index (κ2) is 2.97. The summed E-state index contributed by atoms with van der Waals surface area (Å²) >= 11 is 0. The zero-order chi connectivity index (χ0) is 10.2. The highest BCUT2D eigenvalue weighted by Gasteiger charge is 2.26. The number of halogens is 2. The van der Waals surface area contributed by atoms with E-state index in [1.165, 1.54) is 0 Å². The first-order valence-electron chi connectivity index (χ1n) is 4.17. The molecule has 14 heavy (non-hydrogen) atoms. The number of hydrogen-bond donors (Lipinski definition) is 0. The van der Waals surface area contributed by atoms with Gasteiger partial charge in [0.05, 0.1) is 17.2 Å². The molecule has 0 aliphatic heterocycles. The lowest BCUT2D eigenvalue weighted by molar-refractivity contribution is 0.0127. The molecule has 1 heterocycles. The van der Waals surface area contributed by atoms with Crippen LogP contribution in [0.1, 0.15) is 12.6 Å². The maximum absolute atomic E-state index is 12.9. The van der Waals surface area contributed by atoms with Crippen molar-refractivity contribution < 1.29 is 8.78 Å². The molecule has 2 aromatic rings. The van der Waals surface area contributed by atoms with E-state index in [1.54, 1.807) is 24.3 Å². The molecule has 0 fully saturated rings. The molecule has 1 aromatic carbocycles. The Morgan fingerprint density at radius 3 is 2.43 bits per heavy atom. The van der Waals surface area contributed by atoms with Crippen LogP contribution in [0.25, 0.3) is 11.0 Å². The predicted octanol–water partition coefficient (Wildman–Crippen LogP) is 2.74. The lowest BCUT2D eigenvalue weighted by Crippen LogP contribution is -2.10. The number of fused-ring (bicyclic) bond motifs is 1. The predicted molar refractivity (Wildman–Crippen MR) is 49.1 cm³/mol. The number of rotatable bonds is 1. The van der Waals surface area contributed by atoms with Gasteiger partial charge in [0, 0.05) is 6.92 Å². The molecule has 0 amide bonds. The van der Waals surface area contributed by atoms with E-state index >= 15 is 0 Å². The monoisotopic (exact) mass is 194 g/mol. The Kier molecular flexibility index (Phi) is 1.91. The minimum Gasteiger partial charge on any atom is -0.252 e. The van der Waals surface area contributed by atoms with Crippen molar-refractivity contribution in [2.45, 2.75) is 12.8 Å². The van der Waals surface area contributed by atoms with Crippen molar-refractivity contribution in [1.29, 1.82) is 0 Å². The fourth-order valence-corrected chi connectivity index (χ4v) is 1.17. The highest BCUT2D eigenvalue weighted by Crippen LogP contribution is 2.25. The Morgan fingerprint density at radius 1 is 1.14 bits per heavy atom. The molecular weight excluding hydrogens is 186 g/mol. The zero-order valence-corrected chi connectivity index (χ0v) is 7.54. The third-order valence-corrected chi connectivity index (χ3v) is 1.90. The van der Waals surface area contributed by atoms with Gasteiger partial charge in [-0.1, -0.05) is 12.1 Å². The van der Waals surface area contributed by atoms with E-state index in [9.17, 15) is 8.78 Å².